The maximum Gasteiger partial charge on any atom is 0.335 e. The fourth-order valence-electron chi connectivity index (χ4n) is 2.88. The number of hydrazone groups is 1. The highest BCUT2D eigenvalue weighted by molar-refractivity contribution is 6.32. The molecule has 1 heterocycles. The number of carboxylic acid groups (broad SMARTS) is 2. The zero-order valence-corrected chi connectivity index (χ0v) is 16.1. The van der Waals surface area contributed by atoms with Gasteiger partial charge in [-0.1, -0.05) is 12.1 Å². The lowest BCUT2D eigenvalue weighted by atomic mass is 10.1. The first-order chi connectivity index (χ1) is 13.7. The van der Waals surface area contributed by atoms with E-state index in [4.69, 9.17) is 0 Å². The Kier molecular flexibility index (Phi) is 5.18. The third-order valence-electron chi connectivity index (χ3n) is 4.44. The second-order valence-corrected chi connectivity index (χ2v) is 6.73. The smallest absolute Gasteiger partial charge is 0.335 e. The van der Waals surface area contributed by atoms with Crippen LogP contribution in [0.5, 0.6) is 0 Å². The highest BCUT2D eigenvalue weighted by Gasteiger charge is 2.30. The molecule has 0 radical (unpaired) electrons. The molecule has 0 atom stereocenters. The molecule has 0 saturated heterocycles. The Bertz CT molecular complexity index is 1040. The fourth-order valence-corrected chi connectivity index (χ4v) is 2.88. The van der Waals surface area contributed by atoms with E-state index in [1.165, 1.54) is 12.1 Å². The highest BCUT2D eigenvalue weighted by atomic mass is 16.4. The predicted molar refractivity (Wildman–Crippen MR) is 110 cm³/mol. The molecular weight excluding hydrogens is 374 g/mol. The molecule has 2 N–H and O–H groups in total. The van der Waals surface area contributed by atoms with Gasteiger partial charge in [0.1, 0.15) is 0 Å². The van der Waals surface area contributed by atoms with E-state index in [0.29, 0.717) is 11.3 Å². The number of hydrogen-bond donors (Lipinski definition) is 2. The number of hydrogen-bond acceptors (Lipinski definition) is 5. The second kappa shape index (κ2) is 7.59. The van der Waals surface area contributed by atoms with Gasteiger partial charge in [0.2, 0.25) is 0 Å². The van der Waals surface area contributed by atoms with Crippen LogP contribution in [0.1, 0.15) is 33.2 Å². The van der Waals surface area contributed by atoms with E-state index < -0.39 is 17.8 Å². The molecule has 8 heteroatoms. The lowest BCUT2D eigenvalue weighted by Gasteiger charge is -2.14. The monoisotopic (exact) mass is 393 g/mol. The molecule has 3 rings (SSSR count). The van der Waals surface area contributed by atoms with Gasteiger partial charge < -0.3 is 15.1 Å². The number of anilines is 2. The average Bonchev–Trinajstić information content (AvgIpc) is 2.96. The van der Waals surface area contributed by atoms with Gasteiger partial charge in [0.15, 0.2) is 0 Å². The van der Waals surface area contributed by atoms with Crippen molar-refractivity contribution >= 4 is 41.0 Å². The second-order valence-electron chi connectivity index (χ2n) is 6.73. The molecule has 8 nitrogen and oxygen atoms in total. The summed E-state index contributed by atoms with van der Waals surface area (Å²) in [6, 6.07) is 11.1. The molecule has 1 aliphatic rings. The van der Waals surface area contributed by atoms with Crippen LogP contribution in [0.4, 0.5) is 11.4 Å². The molecule has 0 bridgehead atoms. The van der Waals surface area contributed by atoms with E-state index in [1.807, 2.05) is 43.3 Å². The topological polar surface area (TPSA) is 111 Å². The number of benzene rings is 2. The normalized spacial score (nSPS) is 14.9. The Morgan fingerprint density at radius 2 is 1.55 bits per heavy atom. The van der Waals surface area contributed by atoms with Crippen LogP contribution in [-0.2, 0) is 4.79 Å². The minimum absolute atomic E-state index is 0.0815. The molecule has 29 heavy (non-hydrogen) atoms. The van der Waals surface area contributed by atoms with Crippen molar-refractivity contribution in [3.8, 4) is 0 Å². The molecule has 2 aromatic rings. The van der Waals surface area contributed by atoms with Crippen molar-refractivity contribution < 1.29 is 24.6 Å². The van der Waals surface area contributed by atoms with Crippen LogP contribution in [0.15, 0.2) is 53.1 Å². The predicted octanol–water partition coefficient (Wildman–Crippen LogP) is 2.96. The Morgan fingerprint density at radius 1 is 1.00 bits per heavy atom. The number of aromatic carboxylic acids is 2. The van der Waals surface area contributed by atoms with Gasteiger partial charge in [-0.25, -0.2) is 9.59 Å². The summed E-state index contributed by atoms with van der Waals surface area (Å²) in [4.78, 5) is 37.5. The summed E-state index contributed by atoms with van der Waals surface area (Å²) in [7, 11) is 3.86. The van der Waals surface area contributed by atoms with Crippen molar-refractivity contribution in [1.82, 2.24) is 0 Å². The van der Waals surface area contributed by atoms with Crippen LogP contribution in [0.2, 0.25) is 0 Å². The summed E-state index contributed by atoms with van der Waals surface area (Å²) in [6.45, 7) is 1.66. The number of carboxylic acids is 2. The summed E-state index contributed by atoms with van der Waals surface area (Å²) in [6.07, 6.45) is 1.69. The highest BCUT2D eigenvalue weighted by Crippen LogP contribution is 2.27. The van der Waals surface area contributed by atoms with Crippen molar-refractivity contribution in [1.29, 1.82) is 0 Å². The van der Waals surface area contributed by atoms with Crippen molar-refractivity contribution in [2.45, 2.75) is 6.92 Å². The lowest BCUT2D eigenvalue weighted by molar-refractivity contribution is -0.114. The molecule has 0 aromatic heterocycles. The molecule has 2 aromatic carbocycles. The molecule has 0 fully saturated rings. The molecule has 0 saturated carbocycles. The molecule has 1 aliphatic heterocycles. The Balaban J connectivity index is 1.98. The van der Waals surface area contributed by atoms with Crippen molar-refractivity contribution in [3.05, 3.63) is 64.7 Å². The number of rotatable bonds is 5. The third-order valence-corrected chi connectivity index (χ3v) is 4.44. The number of carbonyl (C=O) groups excluding carboxylic acids is 1. The van der Waals surface area contributed by atoms with Crippen molar-refractivity contribution in [2.75, 3.05) is 24.0 Å². The molecule has 1 amide bonds. The first kappa shape index (κ1) is 19.8. The van der Waals surface area contributed by atoms with Gasteiger partial charge in [0, 0.05) is 19.8 Å². The number of carbonyl (C=O) groups is 3. The standard InChI is InChI=1S/C21H19N3O5/c1-12-18(8-13-4-6-16(7-5-13)23(2)3)19(25)24(22-12)17-10-14(20(26)27)9-15(11-17)21(28)29/h4-11H,1-3H3,(H,26,27)(H,28,29)/b18-8-. The van der Waals surface area contributed by atoms with Gasteiger partial charge >= 0.3 is 11.9 Å². The van der Waals surface area contributed by atoms with E-state index >= 15 is 0 Å². The van der Waals surface area contributed by atoms with Gasteiger partial charge in [0.05, 0.1) is 28.1 Å². The summed E-state index contributed by atoms with van der Waals surface area (Å²) >= 11 is 0. The van der Waals surface area contributed by atoms with E-state index in [2.05, 4.69) is 5.10 Å². The third kappa shape index (κ3) is 4.01. The van der Waals surface area contributed by atoms with Crippen LogP contribution in [-0.4, -0.2) is 47.9 Å². The van der Waals surface area contributed by atoms with Gasteiger partial charge in [-0.15, -0.1) is 0 Å². The number of amides is 1. The largest absolute Gasteiger partial charge is 0.478 e. The molecule has 0 aliphatic carbocycles. The first-order valence-corrected chi connectivity index (χ1v) is 8.68. The SMILES string of the molecule is CC1=NN(c2cc(C(=O)O)cc(C(=O)O)c2)C(=O)/C1=C\c1ccc(N(C)C)cc1. The summed E-state index contributed by atoms with van der Waals surface area (Å²) in [5.74, 6) is -3.05. The van der Waals surface area contributed by atoms with Crippen LogP contribution in [0, 0.1) is 0 Å². The van der Waals surface area contributed by atoms with Gasteiger partial charge in [-0.05, 0) is 48.9 Å². The van der Waals surface area contributed by atoms with Crippen molar-refractivity contribution in [2.24, 2.45) is 5.10 Å². The summed E-state index contributed by atoms with van der Waals surface area (Å²) < 4.78 is 0. The summed E-state index contributed by atoms with van der Waals surface area (Å²) in [5.41, 5.74) is 2.22. The van der Waals surface area contributed by atoms with Gasteiger partial charge in [0.25, 0.3) is 5.91 Å². The van der Waals surface area contributed by atoms with Crippen LogP contribution in [0.25, 0.3) is 6.08 Å². The van der Waals surface area contributed by atoms with Gasteiger partial charge in [-0.3, -0.25) is 4.79 Å². The lowest BCUT2D eigenvalue weighted by Crippen LogP contribution is -2.22. The minimum atomic E-state index is -1.29. The quantitative estimate of drug-likeness (QED) is 0.756. The maximum atomic E-state index is 12.9. The van der Waals surface area contributed by atoms with Crippen molar-refractivity contribution in [3.63, 3.8) is 0 Å². The Labute approximate surface area is 167 Å². The van der Waals surface area contributed by atoms with Gasteiger partial charge in [-0.2, -0.15) is 10.1 Å². The molecule has 0 unspecified atom stereocenters. The van der Waals surface area contributed by atoms with E-state index in [0.717, 1.165) is 22.3 Å². The van der Waals surface area contributed by atoms with E-state index in [-0.39, 0.29) is 16.8 Å². The summed E-state index contributed by atoms with van der Waals surface area (Å²) in [5, 5.41) is 23.7. The van der Waals surface area contributed by atoms with Crippen LogP contribution < -0.4 is 9.91 Å². The zero-order chi connectivity index (χ0) is 21.3. The van der Waals surface area contributed by atoms with Crippen LogP contribution in [0.3, 0.4) is 0 Å². The maximum absolute atomic E-state index is 12.9. The Hall–Kier alpha value is -3.94. The zero-order valence-electron chi connectivity index (χ0n) is 16.1. The Morgan fingerprint density at radius 3 is 2.03 bits per heavy atom. The fraction of sp³-hybridized carbons (Fsp3) is 0.143. The number of nitrogens with zero attached hydrogens (tertiary/aromatic N) is 3. The molecule has 148 valence electrons. The van der Waals surface area contributed by atoms with E-state index in [1.54, 1.807) is 13.0 Å². The first-order valence-electron chi connectivity index (χ1n) is 8.68. The van der Waals surface area contributed by atoms with Crippen LogP contribution >= 0.6 is 0 Å². The average molecular weight is 393 g/mol. The molecule has 0 spiro atoms. The van der Waals surface area contributed by atoms with E-state index in [9.17, 15) is 24.6 Å². The molecular formula is C21H19N3O5. The minimum Gasteiger partial charge on any atom is -0.478 e.